The highest BCUT2D eigenvalue weighted by molar-refractivity contribution is 5.83. The third-order valence-corrected chi connectivity index (χ3v) is 3.16. The lowest BCUT2D eigenvalue weighted by molar-refractivity contribution is -0.137. The van der Waals surface area contributed by atoms with Crippen LogP contribution in [0.1, 0.15) is 33.1 Å². The van der Waals surface area contributed by atoms with Crippen LogP contribution in [0.15, 0.2) is 0 Å². The van der Waals surface area contributed by atoms with Crippen molar-refractivity contribution >= 4 is 17.9 Å². The molecule has 0 aliphatic carbocycles. The minimum atomic E-state index is -0.799. The summed E-state index contributed by atoms with van der Waals surface area (Å²) in [4.78, 5) is 32.9. The highest BCUT2D eigenvalue weighted by Gasteiger charge is 2.15. The average Bonchev–Trinajstić information content (AvgIpc) is 2.38. The van der Waals surface area contributed by atoms with Crippen molar-refractivity contribution in [1.29, 1.82) is 0 Å². The lowest BCUT2D eigenvalue weighted by Gasteiger charge is -2.20. The quantitative estimate of drug-likeness (QED) is 0.497. The second-order valence-corrected chi connectivity index (χ2v) is 5.01. The molecule has 0 radical (unpaired) electrons. The Labute approximate surface area is 119 Å². The highest BCUT2D eigenvalue weighted by atomic mass is 16.4. The van der Waals surface area contributed by atoms with Crippen LogP contribution in [0.3, 0.4) is 0 Å². The van der Waals surface area contributed by atoms with Crippen LogP contribution in [0.4, 0.5) is 4.79 Å². The molecule has 0 aromatic rings. The predicted molar refractivity (Wildman–Crippen MR) is 75.3 cm³/mol. The van der Waals surface area contributed by atoms with Crippen LogP contribution in [-0.2, 0) is 9.59 Å². The summed E-state index contributed by atoms with van der Waals surface area (Å²) in [5.74, 6) is -0.441. The normalized spacial score (nSPS) is 11.8. The van der Waals surface area contributed by atoms with Crippen molar-refractivity contribution in [3.63, 3.8) is 0 Å². The standard InChI is InChI=1S/C13H25N3O4/c1-9(2)10(4-5-12(18)19)6-7-15-13(20)16-8-11(17)14-3/h9-10H,4-8H2,1-3H3,(H,14,17)(H,18,19)(H2,15,16,20). The first kappa shape index (κ1) is 18.2. The second-order valence-electron chi connectivity index (χ2n) is 5.01. The topological polar surface area (TPSA) is 108 Å². The van der Waals surface area contributed by atoms with Crippen LogP contribution in [0.25, 0.3) is 0 Å². The Morgan fingerprint density at radius 3 is 2.25 bits per heavy atom. The van der Waals surface area contributed by atoms with Crippen molar-refractivity contribution in [3.05, 3.63) is 0 Å². The van der Waals surface area contributed by atoms with E-state index in [1.807, 2.05) is 13.8 Å². The zero-order valence-electron chi connectivity index (χ0n) is 12.4. The summed E-state index contributed by atoms with van der Waals surface area (Å²) in [6, 6.07) is -0.394. The zero-order chi connectivity index (χ0) is 15.5. The molecule has 0 saturated heterocycles. The number of likely N-dealkylation sites (N-methyl/N-ethyl adjacent to an activating group) is 1. The van der Waals surface area contributed by atoms with Crippen molar-refractivity contribution in [2.45, 2.75) is 33.1 Å². The van der Waals surface area contributed by atoms with Crippen molar-refractivity contribution in [1.82, 2.24) is 16.0 Å². The molecule has 0 fully saturated rings. The number of aliphatic carboxylic acids is 1. The van der Waals surface area contributed by atoms with Gasteiger partial charge in [-0.25, -0.2) is 4.79 Å². The zero-order valence-corrected chi connectivity index (χ0v) is 12.4. The molecule has 0 aliphatic heterocycles. The third-order valence-electron chi connectivity index (χ3n) is 3.16. The van der Waals surface area contributed by atoms with Gasteiger partial charge in [0.2, 0.25) is 5.91 Å². The van der Waals surface area contributed by atoms with E-state index in [0.29, 0.717) is 18.9 Å². The van der Waals surface area contributed by atoms with Gasteiger partial charge in [0.1, 0.15) is 0 Å². The molecular formula is C13H25N3O4. The maximum atomic E-state index is 11.4. The Kier molecular flexibility index (Phi) is 9.15. The number of carboxylic acid groups (broad SMARTS) is 1. The Hall–Kier alpha value is -1.79. The minimum Gasteiger partial charge on any atom is -0.481 e. The van der Waals surface area contributed by atoms with Crippen LogP contribution in [0, 0.1) is 11.8 Å². The Morgan fingerprint density at radius 1 is 1.10 bits per heavy atom. The first-order valence-corrected chi connectivity index (χ1v) is 6.80. The number of rotatable bonds is 9. The van der Waals surface area contributed by atoms with E-state index in [4.69, 9.17) is 5.11 Å². The van der Waals surface area contributed by atoms with Crippen molar-refractivity contribution in [2.75, 3.05) is 20.1 Å². The van der Waals surface area contributed by atoms with Crippen molar-refractivity contribution in [3.8, 4) is 0 Å². The van der Waals surface area contributed by atoms with Crippen LogP contribution in [-0.4, -0.2) is 43.2 Å². The van der Waals surface area contributed by atoms with E-state index in [2.05, 4.69) is 16.0 Å². The molecule has 0 spiro atoms. The van der Waals surface area contributed by atoms with Gasteiger partial charge in [0.05, 0.1) is 6.54 Å². The number of nitrogens with one attached hydrogen (secondary N) is 3. The van der Waals surface area contributed by atoms with Gasteiger partial charge in [-0.2, -0.15) is 0 Å². The van der Waals surface area contributed by atoms with Gasteiger partial charge in [0.25, 0.3) is 0 Å². The summed E-state index contributed by atoms with van der Waals surface area (Å²) in [5.41, 5.74) is 0. The first-order valence-electron chi connectivity index (χ1n) is 6.80. The van der Waals surface area contributed by atoms with E-state index in [9.17, 15) is 14.4 Å². The Morgan fingerprint density at radius 2 is 1.75 bits per heavy atom. The molecule has 0 aromatic heterocycles. The lowest BCUT2D eigenvalue weighted by atomic mass is 9.88. The number of carbonyl (C=O) groups excluding carboxylic acids is 2. The molecule has 116 valence electrons. The molecule has 0 bridgehead atoms. The van der Waals surface area contributed by atoms with E-state index < -0.39 is 12.0 Å². The molecule has 20 heavy (non-hydrogen) atoms. The summed E-state index contributed by atoms with van der Waals surface area (Å²) in [6.07, 6.45) is 1.47. The third kappa shape index (κ3) is 9.18. The summed E-state index contributed by atoms with van der Waals surface area (Å²) < 4.78 is 0. The molecule has 0 aliphatic rings. The van der Waals surface area contributed by atoms with Gasteiger partial charge < -0.3 is 21.1 Å². The molecule has 1 atom stereocenters. The number of urea groups is 1. The molecule has 0 saturated carbocycles. The Balaban J connectivity index is 3.90. The lowest BCUT2D eigenvalue weighted by Crippen LogP contribution is -2.41. The molecular weight excluding hydrogens is 262 g/mol. The summed E-state index contributed by atoms with van der Waals surface area (Å²) >= 11 is 0. The number of hydrogen-bond donors (Lipinski definition) is 4. The fourth-order valence-electron chi connectivity index (χ4n) is 1.80. The molecule has 1 unspecified atom stereocenters. The fraction of sp³-hybridized carbons (Fsp3) is 0.769. The first-order chi connectivity index (χ1) is 9.36. The smallest absolute Gasteiger partial charge is 0.315 e. The minimum absolute atomic E-state index is 0.0606. The number of hydrogen-bond acceptors (Lipinski definition) is 3. The van der Waals surface area contributed by atoms with Gasteiger partial charge in [-0.05, 0) is 24.7 Å². The summed E-state index contributed by atoms with van der Waals surface area (Å²) in [5, 5.41) is 16.2. The molecule has 0 rings (SSSR count). The van der Waals surface area contributed by atoms with E-state index in [1.165, 1.54) is 7.05 Å². The maximum Gasteiger partial charge on any atom is 0.315 e. The second kappa shape index (κ2) is 10.1. The van der Waals surface area contributed by atoms with Gasteiger partial charge in [-0.1, -0.05) is 13.8 Å². The monoisotopic (exact) mass is 287 g/mol. The maximum absolute atomic E-state index is 11.4. The van der Waals surface area contributed by atoms with Crippen molar-refractivity contribution in [2.24, 2.45) is 11.8 Å². The van der Waals surface area contributed by atoms with E-state index in [0.717, 1.165) is 6.42 Å². The van der Waals surface area contributed by atoms with Crippen molar-refractivity contribution < 1.29 is 19.5 Å². The van der Waals surface area contributed by atoms with Gasteiger partial charge in [0, 0.05) is 20.0 Å². The van der Waals surface area contributed by atoms with E-state index >= 15 is 0 Å². The molecule has 0 aromatic carbocycles. The number of carboxylic acids is 1. The number of carbonyl (C=O) groups is 3. The molecule has 7 heteroatoms. The van der Waals surface area contributed by atoms with Gasteiger partial charge >= 0.3 is 12.0 Å². The van der Waals surface area contributed by atoms with E-state index in [-0.39, 0.29) is 24.8 Å². The van der Waals surface area contributed by atoms with E-state index in [1.54, 1.807) is 0 Å². The van der Waals surface area contributed by atoms with Crippen LogP contribution in [0.5, 0.6) is 0 Å². The van der Waals surface area contributed by atoms with Crippen LogP contribution in [0.2, 0.25) is 0 Å². The largest absolute Gasteiger partial charge is 0.481 e. The van der Waals surface area contributed by atoms with Gasteiger partial charge in [-0.3, -0.25) is 9.59 Å². The SMILES string of the molecule is CNC(=O)CNC(=O)NCCC(CCC(=O)O)C(C)C. The van der Waals surface area contributed by atoms with Gasteiger partial charge in [-0.15, -0.1) is 0 Å². The van der Waals surface area contributed by atoms with Crippen LogP contribution < -0.4 is 16.0 Å². The summed E-state index contributed by atoms with van der Waals surface area (Å²) in [6.45, 7) is 4.48. The molecule has 0 heterocycles. The number of amides is 3. The summed E-state index contributed by atoms with van der Waals surface area (Å²) in [7, 11) is 1.50. The average molecular weight is 287 g/mol. The van der Waals surface area contributed by atoms with Gasteiger partial charge in [0.15, 0.2) is 0 Å². The molecule has 3 amide bonds. The Bertz CT molecular complexity index is 332. The van der Waals surface area contributed by atoms with Crippen LogP contribution >= 0.6 is 0 Å². The molecule has 4 N–H and O–H groups in total. The fourth-order valence-corrected chi connectivity index (χ4v) is 1.80. The highest BCUT2D eigenvalue weighted by Crippen LogP contribution is 2.20. The predicted octanol–water partition coefficient (Wildman–Crippen LogP) is 0.559. The molecule has 7 nitrogen and oxygen atoms in total.